The number of aliphatic hydroxyl groups is 1. The molecule has 0 aliphatic carbocycles. The van der Waals surface area contributed by atoms with Gasteiger partial charge in [-0.1, -0.05) is 23.2 Å². The van der Waals surface area contributed by atoms with Gasteiger partial charge in [0.25, 0.3) is 5.91 Å². The van der Waals surface area contributed by atoms with Gasteiger partial charge in [0.15, 0.2) is 12.7 Å². The lowest BCUT2D eigenvalue weighted by molar-refractivity contribution is -0.201. The van der Waals surface area contributed by atoms with Crippen LogP contribution in [0.5, 0.6) is 5.75 Å². The van der Waals surface area contributed by atoms with Gasteiger partial charge in [-0.25, -0.2) is 0 Å². The summed E-state index contributed by atoms with van der Waals surface area (Å²) in [6, 6.07) is 4.29. The minimum absolute atomic E-state index is 0.167. The fourth-order valence-corrected chi connectivity index (χ4v) is 1.58. The van der Waals surface area contributed by atoms with Crippen molar-refractivity contribution in [2.75, 3.05) is 13.2 Å². The first-order valence-electron chi connectivity index (χ1n) is 5.29. The Bertz CT molecular complexity index is 482. The third-order valence-corrected chi connectivity index (χ3v) is 2.65. The van der Waals surface area contributed by atoms with Crippen molar-refractivity contribution in [3.63, 3.8) is 0 Å². The molecule has 0 radical (unpaired) electrons. The predicted molar refractivity (Wildman–Crippen MR) is 67.0 cm³/mol. The maximum Gasteiger partial charge on any atom is 0.416 e. The van der Waals surface area contributed by atoms with E-state index < -0.39 is 31.3 Å². The molecule has 4 nitrogen and oxygen atoms in total. The number of benzene rings is 1. The number of hydrogen-bond donors (Lipinski definition) is 2. The first-order chi connectivity index (χ1) is 9.20. The summed E-state index contributed by atoms with van der Waals surface area (Å²) >= 11 is 11.4. The van der Waals surface area contributed by atoms with Gasteiger partial charge < -0.3 is 15.2 Å². The minimum Gasteiger partial charge on any atom is -0.482 e. The van der Waals surface area contributed by atoms with E-state index in [1.807, 2.05) is 5.32 Å². The van der Waals surface area contributed by atoms with Gasteiger partial charge in [0, 0.05) is 5.02 Å². The number of carbonyl (C=O) groups is 1. The van der Waals surface area contributed by atoms with Gasteiger partial charge in [-0.3, -0.25) is 4.79 Å². The maximum atomic E-state index is 12.0. The Morgan fingerprint density at radius 3 is 2.60 bits per heavy atom. The first kappa shape index (κ1) is 16.9. The first-order valence-corrected chi connectivity index (χ1v) is 6.05. The molecule has 0 spiro atoms. The summed E-state index contributed by atoms with van der Waals surface area (Å²) in [7, 11) is 0. The van der Waals surface area contributed by atoms with Crippen molar-refractivity contribution >= 4 is 29.1 Å². The lowest BCUT2D eigenvalue weighted by atomic mass is 10.3. The van der Waals surface area contributed by atoms with Crippen LogP contribution in [0.3, 0.4) is 0 Å². The van der Waals surface area contributed by atoms with E-state index in [9.17, 15) is 18.0 Å². The van der Waals surface area contributed by atoms with Crippen LogP contribution >= 0.6 is 23.2 Å². The van der Waals surface area contributed by atoms with Crippen molar-refractivity contribution in [1.82, 2.24) is 5.32 Å². The lowest BCUT2D eigenvalue weighted by Gasteiger charge is -2.15. The zero-order valence-electron chi connectivity index (χ0n) is 9.88. The van der Waals surface area contributed by atoms with E-state index in [1.54, 1.807) is 0 Å². The van der Waals surface area contributed by atoms with E-state index in [2.05, 4.69) is 0 Å². The summed E-state index contributed by atoms with van der Waals surface area (Å²) in [5.74, 6) is -0.651. The quantitative estimate of drug-likeness (QED) is 0.871. The molecule has 0 saturated carbocycles. The molecule has 0 saturated heterocycles. The molecule has 112 valence electrons. The Morgan fingerprint density at radius 1 is 1.40 bits per heavy atom. The van der Waals surface area contributed by atoms with Gasteiger partial charge in [-0.15, -0.1) is 0 Å². The van der Waals surface area contributed by atoms with E-state index in [4.69, 9.17) is 33.0 Å². The van der Waals surface area contributed by atoms with Crippen LogP contribution in [-0.4, -0.2) is 36.4 Å². The van der Waals surface area contributed by atoms with Gasteiger partial charge in [0.1, 0.15) is 5.75 Å². The Labute approximate surface area is 122 Å². The smallest absolute Gasteiger partial charge is 0.416 e. The topological polar surface area (TPSA) is 58.6 Å². The molecular formula is C11H10Cl2F3NO3. The van der Waals surface area contributed by atoms with E-state index in [0.717, 1.165) is 0 Å². The van der Waals surface area contributed by atoms with Crippen LogP contribution in [0.2, 0.25) is 10.0 Å². The number of ether oxygens (including phenoxy) is 1. The van der Waals surface area contributed by atoms with Gasteiger partial charge >= 0.3 is 6.18 Å². The fourth-order valence-electron chi connectivity index (χ4n) is 1.11. The highest BCUT2D eigenvalue weighted by Gasteiger charge is 2.38. The summed E-state index contributed by atoms with van der Waals surface area (Å²) in [6.07, 6.45) is -7.40. The van der Waals surface area contributed by atoms with Crippen LogP contribution in [0.25, 0.3) is 0 Å². The van der Waals surface area contributed by atoms with Crippen LogP contribution in [-0.2, 0) is 4.79 Å². The van der Waals surface area contributed by atoms with Crippen LogP contribution in [0.1, 0.15) is 0 Å². The molecule has 0 heterocycles. The molecule has 0 aromatic heterocycles. The average Bonchev–Trinajstić information content (AvgIpc) is 2.33. The van der Waals surface area contributed by atoms with E-state index >= 15 is 0 Å². The number of amides is 1. The standard InChI is InChI=1S/C11H10Cl2F3NO3/c12-6-1-2-8(7(13)3-6)20-5-10(19)17-4-9(18)11(14,15)16/h1-3,9,18H,4-5H2,(H,17,19). The fraction of sp³-hybridized carbons (Fsp3) is 0.364. The normalized spacial score (nSPS) is 12.9. The Hall–Kier alpha value is -1.18. The second-order valence-corrected chi connectivity index (χ2v) is 4.57. The number of alkyl halides is 3. The SMILES string of the molecule is O=C(COc1ccc(Cl)cc1Cl)NCC(O)C(F)(F)F. The third kappa shape index (κ3) is 5.44. The molecule has 0 fully saturated rings. The van der Waals surface area contributed by atoms with Crippen LogP contribution in [0, 0.1) is 0 Å². The number of nitrogens with one attached hydrogen (secondary N) is 1. The monoisotopic (exact) mass is 331 g/mol. The molecule has 0 bridgehead atoms. The third-order valence-electron chi connectivity index (χ3n) is 2.12. The van der Waals surface area contributed by atoms with Crippen molar-refractivity contribution in [3.05, 3.63) is 28.2 Å². The predicted octanol–water partition coefficient (Wildman–Crippen LogP) is 2.41. The van der Waals surface area contributed by atoms with Gasteiger partial charge in [0.05, 0.1) is 11.6 Å². The number of carbonyl (C=O) groups excluding carboxylic acids is 1. The van der Waals surface area contributed by atoms with Crippen LogP contribution in [0.15, 0.2) is 18.2 Å². The van der Waals surface area contributed by atoms with Crippen LogP contribution in [0.4, 0.5) is 13.2 Å². The summed E-state index contributed by atoms with van der Waals surface area (Å²) in [6.45, 7) is -1.48. The van der Waals surface area contributed by atoms with Gasteiger partial charge in [-0.05, 0) is 18.2 Å². The molecule has 1 atom stereocenters. The van der Waals surface area contributed by atoms with Crippen molar-refractivity contribution in [3.8, 4) is 5.75 Å². The zero-order chi connectivity index (χ0) is 15.3. The average molecular weight is 332 g/mol. The van der Waals surface area contributed by atoms with E-state index in [1.165, 1.54) is 18.2 Å². The zero-order valence-corrected chi connectivity index (χ0v) is 11.4. The second kappa shape index (κ2) is 7.01. The molecule has 9 heteroatoms. The Kier molecular flexibility index (Phi) is 5.91. The van der Waals surface area contributed by atoms with E-state index in [0.29, 0.717) is 5.02 Å². The number of hydrogen-bond acceptors (Lipinski definition) is 3. The molecule has 20 heavy (non-hydrogen) atoms. The molecule has 1 aromatic rings. The molecule has 2 N–H and O–H groups in total. The van der Waals surface area contributed by atoms with Crippen molar-refractivity contribution in [1.29, 1.82) is 0 Å². The number of aliphatic hydroxyl groups excluding tert-OH is 1. The van der Waals surface area contributed by atoms with Crippen molar-refractivity contribution in [2.45, 2.75) is 12.3 Å². The molecule has 0 aliphatic rings. The van der Waals surface area contributed by atoms with Gasteiger partial charge in [0.2, 0.25) is 0 Å². The molecule has 1 unspecified atom stereocenters. The highest BCUT2D eigenvalue weighted by atomic mass is 35.5. The highest BCUT2D eigenvalue weighted by molar-refractivity contribution is 6.35. The second-order valence-electron chi connectivity index (χ2n) is 3.72. The minimum atomic E-state index is -4.78. The molecule has 1 amide bonds. The summed E-state index contributed by atoms with van der Waals surface area (Å²) in [4.78, 5) is 11.2. The highest BCUT2D eigenvalue weighted by Crippen LogP contribution is 2.27. The maximum absolute atomic E-state index is 12.0. The largest absolute Gasteiger partial charge is 0.482 e. The lowest BCUT2D eigenvalue weighted by Crippen LogP contribution is -2.42. The Morgan fingerprint density at radius 2 is 2.05 bits per heavy atom. The summed E-state index contributed by atoms with van der Waals surface area (Å²) in [5.41, 5.74) is 0. The van der Waals surface area contributed by atoms with Crippen molar-refractivity contribution < 1.29 is 27.8 Å². The summed E-state index contributed by atoms with van der Waals surface area (Å²) in [5, 5.41) is 11.1. The summed E-state index contributed by atoms with van der Waals surface area (Å²) < 4.78 is 40.9. The van der Waals surface area contributed by atoms with Crippen LogP contribution < -0.4 is 10.1 Å². The molecular weight excluding hydrogens is 322 g/mol. The molecule has 1 rings (SSSR count). The Balaban J connectivity index is 2.40. The number of halogens is 5. The van der Waals surface area contributed by atoms with Crippen molar-refractivity contribution in [2.24, 2.45) is 0 Å². The van der Waals surface area contributed by atoms with E-state index in [-0.39, 0.29) is 10.8 Å². The number of rotatable bonds is 5. The molecule has 1 aromatic carbocycles. The van der Waals surface area contributed by atoms with Gasteiger partial charge in [-0.2, -0.15) is 13.2 Å². The molecule has 0 aliphatic heterocycles.